The number of carboxylic acid groups (broad SMARTS) is 1. The zero-order valence-corrected chi connectivity index (χ0v) is 19.9. The Morgan fingerprint density at radius 2 is 1.78 bits per heavy atom. The lowest BCUT2D eigenvalue weighted by atomic mass is 9.90. The minimum atomic E-state index is -0.918. The standard InChI is InChI=1S/C29H27N5O2/c30-18-21-4-8-23(9-5-21)22-6-2-20(3-7-22)12-15-31-14-1-17-34-28(29(35)36)26-11-10-24-19-32-16-13-25(24)27(26)33-34/h2-9,13,16,19,31H,1,10-12,14-15,17H2,(H,35,36). The van der Waals surface area contributed by atoms with Gasteiger partial charge in [-0.15, -0.1) is 0 Å². The average molecular weight is 478 g/mol. The SMILES string of the molecule is N#Cc1ccc(-c2ccc(CCNCCCn3nc4c(c3C(=O)O)CCc3cnccc3-4)cc2)cc1. The number of pyridine rings is 1. The Morgan fingerprint density at radius 1 is 1.03 bits per heavy atom. The van der Waals surface area contributed by atoms with E-state index in [0.29, 0.717) is 24.2 Å². The van der Waals surface area contributed by atoms with Gasteiger partial charge in [-0.2, -0.15) is 10.4 Å². The molecule has 0 atom stereocenters. The second-order valence-electron chi connectivity index (χ2n) is 8.98. The molecule has 0 spiro atoms. The summed E-state index contributed by atoms with van der Waals surface area (Å²) in [6.07, 6.45) is 6.76. The molecule has 4 aromatic rings. The van der Waals surface area contributed by atoms with Crippen LogP contribution in [0.2, 0.25) is 0 Å². The van der Waals surface area contributed by atoms with Crippen LogP contribution in [0.3, 0.4) is 0 Å². The topological polar surface area (TPSA) is 104 Å². The molecule has 36 heavy (non-hydrogen) atoms. The van der Waals surface area contributed by atoms with Gasteiger partial charge in [0.1, 0.15) is 5.69 Å². The molecule has 2 heterocycles. The van der Waals surface area contributed by atoms with Crippen LogP contribution in [0.4, 0.5) is 0 Å². The Kier molecular flexibility index (Phi) is 6.87. The molecule has 0 fully saturated rings. The number of nitriles is 1. The number of benzene rings is 2. The lowest BCUT2D eigenvalue weighted by Gasteiger charge is -2.14. The van der Waals surface area contributed by atoms with Crippen LogP contribution in [0, 0.1) is 11.3 Å². The predicted octanol–water partition coefficient (Wildman–Crippen LogP) is 4.50. The molecule has 7 heteroatoms. The number of nitrogens with one attached hydrogen (secondary N) is 1. The molecule has 2 aromatic carbocycles. The van der Waals surface area contributed by atoms with Gasteiger partial charge >= 0.3 is 5.97 Å². The van der Waals surface area contributed by atoms with Crippen molar-refractivity contribution >= 4 is 5.97 Å². The molecule has 5 rings (SSSR count). The Balaban J connectivity index is 1.12. The first-order chi connectivity index (χ1) is 17.6. The summed E-state index contributed by atoms with van der Waals surface area (Å²) in [6.45, 7) is 2.19. The minimum Gasteiger partial charge on any atom is -0.477 e. The van der Waals surface area contributed by atoms with Crippen molar-refractivity contribution in [2.75, 3.05) is 13.1 Å². The molecule has 1 aliphatic carbocycles. The van der Waals surface area contributed by atoms with E-state index in [4.69, 9.17) is 5.26 Å². The highest BCUT2D eigenvalue weighted by Crippen LogP contribution is 2.34. The Bertz CT molecular complexity index is 1420. The third-order valence-electron chi connectivity index (χ3n) is 6.67. The molecule has 0 radical (unpaired) electrons. The summed E-state index contributed by atoms with van der Waals surface area (Å²) in [5.41, 5.74) is 8.19. The highest BCUT2D eigenvalue weighted by molar-refractivity contribution is 5.90. The van der Waals surface area contributed by atoms with Gasteiger partial charge in [0.25, 0.3) is 0 Å². The zero-order valence-electron chi connectivity index (χ0n) is 19.9. The van der Waals surface area contributed by atoms with Gasteiger partial charge in [-0.3, -0.25) is 9.67 Å². The normalized spacial score (nSPS) is 12.0. The molecule has 7 nitrogen and oxygen atoms in total. The number of hydrogen-bond donors (Lipinski definition) is 2. The van der Waals surface area contributed by atoms with Crippen LogP contribution in [0.15, 0.2) is 67.0 Å². The van der Waals surface area contributed by atoms with Crippen LogP contribution in [-0.2, 0) is 25.8 Å². The molecule has 0 amide bonds. The van der Waals surface area contributed by atoms with Crippen LogP contribution in [0.25, 0.3) is 22.4 Å². The first-order valence-electron chi connectivity index (χ1n) is 12.2. The first-order valence-corrected chi connectivity index (χ1v) is 12.2. The number of carboxylic acids is 1. The number of nitrogens with zero attached hydrogens (tertiary/aromatic N) is 4. The molecule has 0 saturated carbocycles. The molecule has 0 saturated heterocycles. The summed E-state index contributed by atoms with van der Waals surface area (Å²) < 4.78 is 1.66. The van der Waals surface area contributed by atoms with Gasteiger partial charge in [0.05, 0.1) is 17.3 Å². The Hall–Kier alpha value is -4.28. The maximum Gasteiger partial charge on any atom is 0.354 e. The highest BCUT2D eigenvalue weighted by Gasteiger charge is 2.27. The molecule has 2 aromatic heterocycles. The summed E-state index contributed by atoms with van der Waals surface area (Å²) in [5, 5.41) is 26.9. The van der Waals surface area contributed by atoms with Crippen LogP contribution >= 0.6 is 0 Å². The van der Waals surface area contributed by atoms with Crippen LogP contribution in [-0.4, -0.2) is 38.9 Å². The van der Waals surface area contributed by atoms with Crippen molar-refractivity contribution in [1.82, 2.24) is 20.1 Å². The summed E-state index contributed by atoms with van der Waals surface area (Å²) in [6, 6.07) is 20.2. The van der Waals surface area contributed by atoms with Gasteiger partial charge in [-0.05, 0) is 79.2 Å². The van der Waals surface area contributed by atoms with Crippen LogP contribution < -0.4 is 5.32 Å². The molecule has 0 unspecified atom stereocenters. The van der Waals surface area contributed by atoms with Crippen LogP contribution in [0.5, 0.6) is 0 Å². The molecule has 0 bridgehead atoms. The van der Waals surface area contributed by atoms with Gasteiger partial charge in [0.15, 0.2) is 0 Å². The molecule has 1 aliphatic rings. The van der Waals surface area contributed by atoms with E-state index in [0.717, 1.165) is 65.9 Å². The fourth-order valence-electron chi connectivity index (χ4n) is 4.78. The zero-order chi connectivity index (χ0) is 24.9. The summed E-state index contributed by atoms with van der Waals surface area (Å²) in [5.74, 6) is -0.918. The summed E-state index contributed by atoms with van der Waals surface area (Å²) in [4.78, 5) is 16.2. The number of aryl methyl sites for hydroxylation is 2. The fourth-order valence-corrected chi connectivity index (χ4v) is 4.78. The van der Waals surface area contributed by atoms with Gasteiger partial charge in [0.2, 0.25) is 0 Å². The third-order valence-corrected chi connectivity index (χ3v) is 6.67. The third kappa shape index (κ3) is 4.90. The minimum absolute atomic E-state index is 0.315. The molecule has 180 valence electrons. The van der Waals surface area contributed by atoms with Crippen molar-refractivity contribution in [2.45, 2.75) is 32.2 Å². The smallest absolute Gasteiger partial charge is 0.354 e. The second kappa shape index (κ2) is 10.5. The van der Waals surface area contributed by atoms with Crippen LogP contribution in [0.1, 0.15) is 39.2 Å². The van der Waals surface area contributed by atoms with E-state index in [2.05, 4.69) is 45.7 Å². The van der Waals surface area contributed by atoms with Crippen molar-refractivity contribution < 1.29 is 9.90 Å². The van der Waals surface area contributed by atoms with Gasteiger partial charge in [-0.25, -0.2) is 4.79 Å². The fraction of sp³-hybridized carbons (Fsp3) is 0.241. The average Bonchev–Trinajstić information content (AvgIpc) is 3.30. The maximum atomic E-state index is 12.0. The summed E-state index contributed by atoms with van der Waals surface area (Å²) >= 11 is 0. The van der Waals surface area contributed by atoms with Crippen molar-refractivity contribution in [2.24, 2.45) is 0 Å². The molecule has 0 aliphatic heterocycles. The van der Waals surface area contributed by atoms with E-state index in [9.17, 15) is 9.90 Å². The number of aromatic nitrogens is 3. The second-order valence-corrected chi connectivity index (χ2v) is 8.98. The lowest BCUT2D eigenvalue weighted by molar-refractivity contribution is 0.0681. The predicted molar refractivity (Wildman–Crippen MR) is 138 cm³/mol. The highest BCUT2D eigenvalue weighted by atomic mass is 16.4. The van der Waals surface area contributed by atoms with E-state index in [-0.39, 0.29) is 0 Å². The number of hydrogen-bond acceptors (Lipinski definition) is 5. The first kappa shape index (κ1) is 23.5. The van der Waals surface area contributed by atoms with Crippen molar-refractivity contribution in [3.8, 4) is 28.5 Å². The molecule has 2 N–H and O–H groups in total. The molecular weight excluding hydrogens is 450 g/mol. The van der Waals surface area contributed by atoms with Gasteiger partial charge in [0, 0.05) is 30.1 Å². The molecular formula is C29H27N5O2. The van der Waals surface area contributed by atoms with E-state index in [1.54, 1.807) is 10.9 Å². The van der Waals surface area contributed by atoms with E-state index < -0.39 is 5.97 Å². The van der Waals surface area contributed by atoms with Crippen molar-refractivity contribution in [3.05, 3.63) is 94.9 Å². The lowest BCUT2D eigenvalue weighted by Crippen LogP contribution is -2.21. The van der Waals surface area contributed by atoms with E-state index in [1.807, 2.05) is 36.5 Å². The maximum absolute atomic E-state index is 12.0. The van der Waals surface area contributed by atoms with Gasteiger partial charge in [-0.1, -0.05) is 36.4 Å². The number of aromatic carboxylic acids is 1. The van der Waals surface area contributed by atoms with Gasteiger partial charge < -0.3 is 10.4 Å². The number of carbonyl (C=O) groups is 1. The van der Waals surface area contributed by atoms with E-state index in [1.165, 1.54) is 5.56 Å². The monoisotopic (exact) mass is 477 g/mol. The van der Waals surface area contributed by atoms with Crippen molar-refractivity contribution in [3.63, 3.8) is 0 Å². The largest absolute Gasteiger partial charge is 0.477 e. The number of fused-ring (bicyclic) bond motifs is 3. The Morgan fingerprint density at radius 3 is 2.50 bits per heavy atom. The number of rotatable bonds is 9. The quantitative estimate of drug-likeness (QED) is 0.344. The van der Waals surface area contributed by atoms with Crippen molar-refractivity contribution in [1.29, 1.82) is 5.26 Å². The van der Waals surface area contributed by atoms with E-state index >= 15 is 0 Å². The summed E-state index contributed by atoms with van der Waals surface area (Å²) in [7, 11) is 0. The Labute approximate surface area is 210 Å².